The lowest BCUT2D eigenvalue weighted by atomic mass is 10.0. The number of carbonyl (C=O) groups excluding carboxylic acids is 2. The van der Waals surface area contributed by atoms with Gasteiger partial charge in [-0.3, -0.25) is 19.2 Å². The van der Waals surface area contributed by atoms with Crippen molar-refractivity contribution in [1.29, 1.82) is 0 Å². The molecule has 2 aromatic rings. The third-order valence-electron chi connectivity index (χ3n) is 4.89. The third-order valence-corrected chi connectivity index (χ3v) is 8.74. The normalized spacial score (nSPS) is 20.5. The van der Waals surface area contributed by atoms with Crippen LogP contribution in [0, 0.1) is 13.8 Å². The molecule has 4 heterocycles. The van der Waals surface area contributed by atoms with E-state index < -0.39 is 29.2 Å². The Balaban J connectivity index is 1.49. The fourth-order valence-corrected chi connectivity index (χ4v) is 6.76. The largest absolute Gasteiger partial charge is 0.477 e. The molecule has 10 nitrogen and oxygen atoms in total. The van der Waals surface area contributed by atoms with E-state index >= 15 is 0 Å². The Hall–Kier alpha value is -2.09. The van der Waals surface area contributed by atoms with E-state index in [0.717, 1.165) is 9.35 Å². The van der Waals surface area contributed by atoms with E-state index in [-0.39, 0.29) is 16.4 Å². The highest BCUT2D eigenvalue weighted by molar-refractivity contribution is 8.01. The minimum atomic E-state index is -1.17. The molecule has 1 fully saturated rings. The van der Waals surface area contributed by atoms with E-state index in [4.69, 9.17) is 11.6 Å². The number of carboxylic acid groups (broad SMARTS) is 1. The summed E-state index contributed by atoms with van der Waals surface area (Å²) in [4.78, 5) is 38.6. The number of nitrogens with zero attached hydrogens (tertiary/aromatic N) is 5. The van der Waals surface area contributed by atoms with E-state index in [2.05, 4.69) is 20.6 Å². The molecule has 0 aliphatic carbocycles. The van der Waals surface area contributed by atoms with Crippen LogP contribution >= 0.6 is 46.5 Å². The van der Waals surface area contributed by atoms with Crippen LogP contribution in [0.15, 0.2) is 15.6 Å². The summed E-state index contributed by atoms with van der Waals surface area (Å²) >= 11 is 10.4. The zero-order chi connectivity index (χ0) is 22.4. The molecule has 0 aromatic carbocycles. The van der Waals surface area contributed by atoms with E-state index in [0.29, 0.717) is 22.8 Å². The fraction of sp³-hybridized carbons (Fsp3) is 0.412. The molecule has 31 heavy (non-hydrogen) atoms. The molecule has 2 aromatic heterocycles. The van der Waals surface area contributed by atoms with Crippen molar-refractivity contribution in [3.8, 4) is 0 Å². The van der Waals surface area contributed by atoms with Gasteiger partial charge in [0.25, 0.3) is 11.8 Å². The van der Waals surface area contributed by atoms with Gasteiger partial charge in [-0.05, 0) is 19.4 Å². The van der Waals surface area contributed by atoms with Crippen LogP contribution < -0.4 is 5.32 Å². The zero-order valence-corrected chi connectivity index (χ0v) is 19.8. The van der Waals surface area contributed by atoms with Crippen molar-refractivity contribution in [3.63, 3.8) is 0 Å². The number of hydrogen-bond acceptors (Lipinski definition) is 9. The van der Waals surface area contributed by atoms with Gasteiger partial charge in [-0.1, -0.05) is 34.7 Å². The number of rotatable bonds is 6. The number of amides is 2. The third kappa shape index (κ3) is 3.95. The maximum absolute atomic E-state index is 12.8. The molecule has 14 heteroatoms. The summed E-state index contributed by atoms with van der Waals surface area (Å²) in [6, 6.07) is -0.842. The van der Waals surface area contributed by atoms with Crippen LogP contribution in [0.2, 0.25) is 5.02 Å². The standard InChI is InChI=1S/C17H17ClN6O4S3/c1-6-9(18)10(22-23(6)3)13(25)19-11-14(26)24-12(16(27)28)8(4-29-15(11)24)5-30-17-21-20-7(2)31-17/h11,15H,4-5H2,1-3H3,(H,19,25)(H,27,28)/t11-,15+/m1/s1. The van der Waals surface area contributed by atoms with Crippen molar-refractivity contribution in [1.82, 2.24) is 30.2 Å². The van der Waals surface area contributed by atoms with Gasteiger partial charge < -0.3 is 10.4 Å². The van der Waals surface area contributed by atoms with Crippen molar-refractivity contribution < 1.29 is 19.5 Å². The topological polar surface area (TPSA) is 130 Å². The summed E-state index contributed by atoms with van der Waals surface area (Å²) in [6.07, 6.45) is 0. The lowest BCUT2D eigenvalue weighted by Gasteiger charge is -2.49. The Bertz CT molecular complexity index is 1130. The second-order valence-electron chi connectivity index (χ2n) is 6.87. The van der Waals surface area contributed by atoms with Crippen molar-refractivity contribution in [2.75, 3.05) is 11.5 Å². The second-order valence-corrected chi connectivity index (χ2v) is 10.8. The molecule has 2 atom stereocenters. The SMILES string of the molecule is Cc1nnc(SCC2=C(C(=O)O)N3C(=O)[C@@H](NC(=O)c4nn(C)c(C)c4Cl)[C@@H]3SC2)s1. The molecule has 0 unspecified atom stereocenters. The zero-order valence-electron chi connectivity index (χ0n) is 16.6. The predicted molar refractivity (Wildman–Crippen MR) is 117 cm³/mol. The molecule has 2 aliphatic heterocycles. The Morgan fingerprint density at radius 2 is 2.10 bits per heavy atom. The van der Waals surface area contributed by atoms with Crippen LogP contribution in [0.25, 0.3) is 0 Å². The maximum atomic E-state index is 12.8. The van der Waals surface area contributed by atoms with Crippen LogP contribution in [0.5, 0.6) is 0 Å². The van der Waals surface area contributed by atoms with Gasteiger partial charge in [0.15, 0.2) is 10.0 Å². The van der Waals surface area contributed by atoms with Crippen molar-refractivity contribution in [2.24, 2.45) is 7.05 Å². The molecule has 0 radical (unpaired) electrons. The number of thioether (sulfide) groups is 2. The van der Waals surface area contributed by atoms with Crippen LogP contribution in [0.4, 0.5) is 0 Å². The van der Waals surface area contributed by atoms with Gasteiger partial charge >= 0.3 is 5.97 Å². The first-order valence-corrected chi connectivity index (χ1v) is 12.2. The molecular weight excluding hydrogens is 484 g/mol. The predicted octanol–water partition coefficient (Wildman–Crippen LogP) is 1.69. The van der Waals surface area contributed by atoms with Gasteiger partial charge in [-0.25, -0.2) is 4.79 Å². The van der Waals surface area contributed by atoms with E-state index in [1.165, 1.54) is 44.4 Å². The number of halogens is 1. The summed E-state index contributed by atoms with van der Waals surface area (Å²) in [6.45, 7) is 3.57. The average molecular weight is 501 g/mol. The van der Waals surface area contributed by atoms with Gasteiger partial charge in [0.2, 0.25) is 0 Å². The monoisotopic (exact) mass is 500 g/mol. The number of carbonyl (C=O) groups is 3. The first-order valence-electron chi connectivity index (χ1n) is 9.02. The highest BCUT2D eigenvalue weighted by Gasteiger charge is 2.54. The van der Waals surface area contributed by atoms with Gasteiger partial charge in [0, 0.05) is 18.6 Å². The van der Waals surface area contributed by atoms with E-state index in [9.17, 15) is 19.5 Å². The van der Waals surface area contributed by atoms with Gasteiger partial charge in [-0.15, -0.1) is 22.0 Å². The fourth-order valence-electron chi connectivity index (χ4n) is 3.22. The van der Waals surface area contributed by atoms with Crippen LogP contribution in [0.1, 0.15) is 21.2 Å². The van der Waals surface area contributed by atoms with Crippen molar-refractivity contribution in [3.05, 3.63) is 32.7 Å². The molecule has 0 spiro atoms. The number of hydrogen-bond donors (Lipinski definition) is 2. The Morgan fingerprint density at radius 1 is 1.35 bits per heavy atom. The van der Waals surface area contributed by atoms with Gasteiger partial charge in [0.05, 0.1) is 10.7 Å². The Kier molecular flexibility index (Phi) is 6.03. The van der Waals surface area contributed by atoms with Crippen LogP contribution in [0.3, 0.4) is 0 Å². The van der Waals surface area contributed by atoms with Crippen molar-refractivity contribution in [2.45, 2.75) is 29.6 Å². The molecule has 0 saturated carbocycles. The average Bonchev–Trinajstić information content (AvgIpc) is 3.27. The molecule has 2 aliphatic rings. The number of β-lactam (4-membered cyclic amide) rings is 1. The van der Waals surface area contributed by atoms with Gasteiger partial charge in [-0.2, -0.15) is 5.10 Å². The molecule has 0 bridgehead atoms. The highest BCUT2D eigenvalue weighted by atomic mass is 35.5. The first-order chi connectivity index (χ1) is 14.7. The lowest BCUT2D eigenvalue weighted by molar-refractivity contribution is -0.148. The molecule has 164 valence electrons. The highest BCUT2D eigenvalue weighted by Crippen LogP contribution is 2.42. The Morgan fingerprint density at radius 3 is 2.68 bits per heavy atom. The number of carboxylic acids is 1. The number of fused-ring (bicyclic) bond motifs is 1. The summed E-state index contributed by atoms with van der Waals surface area (Å²) in [5.74, 6) is -1.39. The summed E-state index contributed by atoms with van der Waals surface area (Å²) in [5.41, 5.74) is 1.27. The smallest absolute Gasteiger partial charge is 0.352 e. The summed E-state index contributed by atoms with van der Waals surface area (Å²) in [5, 5.41) is 25.0. The van der Waals surface area contributed by atoms with E-state index in [1.807, 2.05) is 6.92 Å². The molecule has 4 rings (SSSR count). The molecule has 1 saturated heterocycles. The first kappa shape index (κ1) is 22.1. The summed E-state index contributed by atoms with van der Waals surface area (Å²) < 4.78 is 2.22. The molecule has 2 amide bonds. The minimum absolute atomic E-state index is 0.0281. The van der Waals surface area contributed by atoms with Gasteiger partial charge in [0.1, 0.15) is 22.1 Å². The quantitative estimate of drug-likeness (QED) is 0.449. The minimum Gasteiger partial charge on any atom is -0.477 e. The molecular formula is C17H17ClN6O4S3. The Labute approximate surface area is 194 Å². The molecule has 2 N–H and O–H groups in total. The van der Waals surface area contributed by atoms with Crippen LogP contribution in [-0.2, 0) is 16.6 Å². The lowest BCUT2D eigenvalue weighted by Crippen LogP contribution is -2.70. The number of aromatic nitrogens is 4. The number of aliphatic carboxylic acids is 1. The maximum Gasteiger partial charge on any atom is 0.352 e. The second kappa shape index (κ2) is 8.45. The summed E-state index contributed by atoms with van der Waals surface area (Å²) in [7, 11) is 1.66. The van der Waals surface area contributed by atoms with Crippen molar-refractivity contribution >= 4 is 64.2 Å². The van der Waals surface area contributed by atoms with E-state index in [1.54, 1.807) is 14.0 Å². The number of aryl methyl sites for hydroxylation is 2. The number of nitrogens with one attached hydrogen (secondary N) is 1. The van der Waals surface area contributed by atoms with Crippen LogP contribution in [-0.4, -0.2) is 70.7 Å².